The Hall–Kier alpha value is -4.46. The number of esters is 1. The average molecular weight is 648 g/mol. The van der Waals surface area contributed by atoms with Gasteiger partial charge in [-0.05, 0) is 62.5 Å². The lowest BCUT2D eigenvalue weighted by atomic mass is 9.89. The normalized spacial score (nSPS) is 20.3. The van der Waals surface area contributed by atoms with Gasteiger partial charge in [0.2, 0.25) is 15.9 Å². The van der Waals surface area contributed by atoms with Crippen LogP contribution in [0.1, 0.15) is 89.9 Å². The van der Waals surface area contributed by atoms with Gasteiger partial charge in [0.15, 0.2) is 23.0 Å². The fraction of sp³-hybridized carbons (Fsp3) is 0.469. The van der Waals surface area contributed by atoms with Crippen LogP contribution in [-0.4, -0.2) is 63.5 Å². The molecule has 13 nitrogen and oxygen atoms in total. The van der Waals surface area contributed by atoms with Crippen molar-refractivity contribution < 1.29 is 27.5 Å². The molecule has 3 aromatic rings. The molecule has 0 radical (unpaired) electrons. The number of carbonyl (C=O) groups is 3. The summed E-state index contributed by atoms with van der Waals surface area (Å²) in [5.41, 5.74) is 2.17. The molecule has 2 heterocycles. The Morgan fingerprint density at radius 3 is 2.02 bits per heavy atom. The molecule has 3 aliphatic rings. The first kappa shape index (κ1) is 31.5. The minimum absolute atomic E-state index is 0.0600. The first-order valence-electron chi connectivity index (χ1n) is 15.8. The number of nitrogens with zero attached hydrogens (tertiary/aromatic N) is 4. The Balaban J connectivity index is 1.03. The number of sulfonamides is 1. The third-order valence-electron chi connectivity index (χ3n) is 8.98. The summed E-state index contributed by atoms with van der Waals surface area (Å²) in [6.07, 6.45) is 12.0. The molecule has 0 unspecified atom stereocenters. The zero-order chi connectivity index (χ0) is 32.1. The molecule has 3 N–H and O–H groups in total. The topological polar surface area (TPSA) is 182 Å². The molecule has 242 valence electrons. The molecule has 14 heteroatoms. The zero-order valence-corrected chi connectivity index (χ0v) is 26.2. The van der Waals surface area contributed by atoms with Crippen molar-refractivity contribution in [2.24, 2.45) is 5.92 Å². The highest BCUT2D eigenvalue weighted by Crippen LogP contribution is 2.29. The maximum absolute atomic E-state index is 13.4. The van der Waals surface area contributed by atoms with Crippen molar-refractivity contribution in [3.8, 4) is 0 Å². The van der Waals surface area contributed by atoms with E-state index in [-0.39, 0.29) is 53.7 Å². The lowest BCUT2D eigenvalue weighted by Gasteiger charge is -2.28. The van der Waals surface area contributed by atoms with Crippen molar-refractivity contribution in [1.82, 2.24) is 25.3 Å². The summed E-state index contributed by atoms with van der Waals surface area (Å²) in [5.74, 6) is -1.60. The minimum Gasteiger partial charge on any atom is -0.458 e. The van der Waals surface area contributed by atoms with Gasteiger partial charge in [-0.25, -0.2) is 33.1 Å². The monoisotopic (exact) mass is 647 g/mol. The molecule has 1 aromatic carbocycles. The van der Waals surface area contributed by atoms with Crippen LogP contribution in [0.5, 0.6) is 0 Å². The van der Waals surface area contributed by atoms with Gasteiger partial charge >= 0.3 is 5.97 Å². The van der Waals surface area contributed by atoms with E-state index in [1.54, 1.807) is 0 Å². The van der Waals surface area contributed by atoms with E-state index in [0.29, 0.717) is 25.7 Å². The van der Waals surface area contributed by atoms with E-state index in [4.69, 9.17) is 4.74 Å². The fourth-order valence-corrected chi connectivity index (χ4v) is 8.02. The van der Waals surface area contributed by atoms with Gasteiger partial charge in [-0.3, -0.25) is 14.3 Å². The predicted molar refractivity (Wildman–Crippen MR) is 168 cm³/mol. The number of nitrogens with one attached hydrogen (secondary N) is 3. The number of ether oxygens (including phenoxy) is 1. The minimum atomic E-state index is -3.94. The van der Waals surface area contributed by atoms with Gasteiger partial charge in [0.05, 0.1) is 5.25 Å². The van der Waals surface area contributed by atoms with Crippen molar-refractivity contribution in [3.05, 3.63) is 71.6 Å². The Bertz CT molecular complexity index is 1680. The highest BCUT2D eigenvalue weighted by molar-refractivity contribution is 7.93. The average Bonchev–Trinajstić information content (AvgIpc) is 3.48. The number of fused-ring (bicyclic) bond motifs is 1. The number of rotatable bonds is 9. The summed E-state index contributed by atoms with van der Waals surface area (Å²) >= 11 is 0. The first-order chi connectivity index (χ1) is 22.3. The SMILES string of the molecule is O=C(NC1Cc2ccccc2C1)c1nccnc1NS(=O)(=O)C1CCC(OC(=O)c2nccnc2NC(=O)C2CCCCC2)CC1. The van der Waals surface area contributed by atoms with Gasteiger partial charge in [0.25, 0.3) is 5.91 Å². The molecule has 0 atom stereocenters. The van der Waals surface area contributed by atoms with Crippen LogP contribution in [0.3, 0.4) is 0 Å². The molecule has 0 saturated heterocycles. The smallest absolute Gasteiger partial charge is 0.361 e. The van der Waals surface area contributed by atoms with Crippen molar-refractivity contribution >= 4 is 39.4 Å². The Morgan fingerprint density at radius 2 is 1.35 bits per heavy atom. The molecule has 46 heavy (non-hydrogen) atoms. The Kier molecular flexibility index (Phi) is 9.52. The van der Waals surface area contributed by atoms with Crippen LogP contribution in [0.2, 0.25) is 0 Å². The number of hydrogen-bond donors (Lipinski definition) is 3. The highest BCUT2D eigenvalue weighted by Gasteiger charge is 2.35. The second-order valence-electron chi connectivity index (χ2n) is 12.1. The molecule has 0 aliphatic heterocycles. The molecule has 3 aliphatic carbocycles. The number of carbonyl (C=O) groups excluding carboxylic acids is 3. The van der Waals surface area contributed by atoms with Crippen LogP contribution in [-0.2, 0) is 32.4 Å². The van der Waals surface area contributed by atoms with Gasteiger partial charge in [-0.1, -0.05) is 43.5 Å². The number of benzene rings is 1. The van der Waals surface area contributed by atoms with Gasteiger partial charge in [-0.2, -0.15) is 0 Å². The summed E-state index contributed by atoms with van der Waals surface area (Å²) in [6, 6.07) is 7.86. The van der Waals surface area contributed by atoms with Crippen LogP contribution < -0.4 is 15.4 Å². The Morgan fingerprint density at radius 1 is 0.739 bits per heavy atom. The van der Waals surface area contributed by atoms with Gasteiger partial charge in [-0.15, -0.1) is 0 Å². The number of amides is 2. The van der Waals surface area contributed by atoms with Crippen molar-refractivity contribution in [2.45, 2.75) is 88.0 Å². The van der Waals surface area contributed by atoms with Crippen LogP contribution in [0.4, 0.5) is 11.6 Å². The predicted octanol–water partition coefficient (Wildman–Crippen LogP) is 3.59. The molecule has 0 bridgehead atoms. The van der Waals surface area contributed by atoms with E-state index in [0.717, 1.165) is 32.1 Å². The van der Waals surface area contributed by atoms with E-state index in [1.165, 1.54) is 35.9 Å². The summed E-state index contributed by atoms with van der Waals surface area (Å²) < 4.78 is 34.9. The molecule has 2 aromatic heterocycles. The molecular weight excluding hydrogens is 610 g/mol. The first-order valence-corrected chi connectivity index (χ1v) is 17.3. The molecule has 6 rings (SSSR count). The maximum Gasteiger partial charge on any atom is 0.361 e. The molecular formula is C32H37N7O6S. The van der Waals surface area contributed by atoms with Crippen molar-refractivity contribution in [2.75, 3.05) is 10.0 Å². The molecule has 2 fully saturated rings. The van der Waals surface area contributed by atoms with E-state index < -0.39 is 33.3 Å². The van der Waals surface area contributed by atoms with Gasteiger partial charge < -0.3 is 15.4 Å². The second-order valence-corrected chi connectivity index (χ2v) is 14.1. The number of hydrogen-bond acceptors (Lipinski definition) is 10. The highest BCUT2D eigenvalue weighted by atomic mass is 32.2. The van der Waals surface area contributed by atoms with E-state index in [9.17, 15) is 22.8 Å². The summed E-state index contributed by atoms with van der Waals surface area (Å²) in [7, 11) is -3.94. The lowest BCUT2D eigenvalue weighted by Crippen LogP contribution is -2.38. The van der Waals surface area contributed by atoms with Gasteiger partial charge in [0, 0.05) is 36.7 Å². The molecule has 0 spiro atoms. The van der Waals surface area contributed by atoms with E-state index in [1.807, 2.05) is 24.3 Å². The second kappa shape index (κ2) is 13.9. The van der Waals surface area contributed by atoms with Crippen LogP contribution in [0.15, 0.2) is 49.1 Å². The quantitative estimate of drug-likeness (QED) is 0.290. The maximum atomic E-state index is 13.4. The van der Waals surface area contributed by atoms with Crippen molar-refractivity contribution in [3.63, 3.8) is 0 Å². The largest absolute Gasteiger partial charge is 0.458 e. The zero-order valence-electron chi connectivity index (χ0n) is 25.4. The van der Waals surface area contributed by atoms with Gasteiger partial charge in [0.1, 0.15) is 6.10 Å². The molecule has 2 amide bonds. The third kappa shape index (κ3) is 7.33. The number of aromatic nitrogens is 4. The number of anilines is 2. The van der Waals surface area contributed by atoms with E-state index in [2.05, 4.69) is 35.3 Å². The summed E-state index contributed by atoms with van der Waals surface area (Å²) in [6.45, 7) is 0. The van der Waals surface area contributed by atoms with Crippen LogP contribution >= 0.6 is 0 Å². The lowest BCUT2D eigenvalue weighted by molar-refractivity contribution is -0.120. The summed E-state index contributed by atoms with van der Waals surface area (Å²) in [4.78, 5) is 55.4. The summed E-state index contributed by atoms with van der Waals surface area (Å²) in [5, 5.41) is 4.92. The van der Waals surface area contributed by atoms with Crippen molar-refractivity contribution in [1.29, 1.82) is 0 Å². The Labute approximate surface area is 267 Å². The fourth-order valence-electron chi connectivity index (χ4n) is 6.54. The third-order valence-corrected chi connectivity index (χ3v) is 10.8. The van der Waals surface area contributed by atoms with E-state index >= 15 is 0 Å². The standard InChI is InChI=1S/C32H37N7O6S/c40-30(20-6-2-1-3-7-20)38-28-27(34-15-16-35-28)32(42)45-24-10-12-25(13-11-24)46(43,44)39-29-26(33-14-17-36-29)31(41)37-23-18-21-8-4-5-9-22(21)19-23/h4-5,8-9,14-17,20,23-25H,1-3,6-7,10-13,18-19H2,(H,36,39)(H,37,41)(H,35,38,40). The molecule has 2 saturated carbocycles. The van der Waals surface area contributed by atoms with Crippen LogP contribution in [0.25, 0.3) is 0 Å². The van der Waals surface area contributed by atoms with Crippen LogP contribution in [0, 0.1) is 5.92 Å².